The van der Waals surface area contributed by atoms with Crippen LogP contribution in [0.1, 0.15) is 47.9 Å². The van der Waals surface area contributed by atoms with Crippen LogP contribution < -0.4 is 5.32 Å². The summed E-state index contributed by atoms with van der Waals surface area (Å²) in [4.78, 5) is 12.7. The van der Waals surface area contributed by atoms with Crippen molar-refractivity contribution in [3.05, 3.63) is 83.7 Å². The van der Waals surface area contributed by atoms with E-state index in [1.165, 1.54) is 5.56 Å². The Morgan fingerprint density at radius 2 is 1.73 bits per heavy atom. The molecule has 1 N–H and O–H groups in total. The summed E-state index contributed by atoms with van der Waals surface area (Å²) in [7, 11) is 0. The molecule has 0 saturated heterocycles. The first-order chi connectivity index (χ1) is 12.6. The van der Waals surface area contributed by atoms with Crippen LogP contribution in [-0.2, 0) is 6.54 Å². The summed E-state index contributed by atoms with van der Waals surface area (Å²) in [6.45, 7) is 5.06. The Morgan fingerprint density at radius 3 is 2.42 bits per heavy atom. The number of hydrogen-bond acceptors (Lipinski definition) is 3. The Kier molecular flexibility index (Phi) is 4.21. The van der Waals surface area contributed by atoms with E-state index in [-0.39, 0.29) is 17.2 Å². The summed E-state index contributed by atoms with van der Waals surface area (Å²) in [5.74, 6) is 0.171. The Hall–Kier alpha value is -2.72. The van der Waals surface area contributed by atoms with E-state index in [1.807, 2.05) is 53.2 Å². The van der Waals surface area contributed by atoms with Crippen LogP contribution in [0.15, 0.2) is 66.9 Å². The number of rotatable bonds is 4. The molecule has 1 aliphatic carbocycles. The molecule has 132 valence electrons. The summed E-state index contributed by atoms with van der Waals surface area (Å²) >= 11 is 0. The third-order valence-electron chi connectivity index (χ3n) is 5.13. The summed E-state index contributed by atoms with van der Waals surface area (Å²) in [5, 5.41) is 8.23. The first-order valence-electron chi connectivity index (χ1n) is 9.00. The van der Waals surface area contributed by atoms with Crippen molar-refractivity contribution in [3.63, 3.8) is 0 Å². The van der Waals surface area contributed by atoms with E-state index in [0.717, 1.165) is 23.5 Å². The molecule has 0 spiro atoms. The summed E-state index contributed by atoms with van der Waals surface area (Å²) in [6.07, 6.45) is 2.24. The van der Waals surface area contributed by atoms with E-state index in [0.29, 0.717) is 6.42 Å². The average molecular weight is 345 g/mol. The Labute approximate surface area is 153 Å². The van der Waals surface area contributed by atoms with Gasteiger partial charge < -0.3 is 5.32 Å². The molecule has 4 heteroatoms. The summed E-state index contributed by atoms with van der Waals surface area (Å²) < 4.78 is 1.91. The molecule has 1 aromatic heterocycles. The summed E-state index contributed by atoms with van der Waals surface area (Å²) in [6, 6.07) is 20.4. The number of ketones is 1. The standard InChI is InChI=1S/C22H23N3O/c1-22(2)13-19(26)18-15-24-25(17-11-7-4-8-12-17)20(18)21(22)23-14-16-9-5-3-6-10-16/h3-12,15,21,23H,13-14H2,1-2H3. The van der Waals surface area contributed by atoms with Crippen molar-refractivity contribution in [2.24, 2.45) is 5.41 Å². The Morgan fingerprint density at radius 1 is 1.08 bits per heavy atom. The van der Waals surface area contributed by atoms with Crippen LogP contribution in [0.4, 0.5) is 0 Å². The molecule has 0 amide bonds. The second kappa shape index (κ2) is 6.54. The number of nitrogens with zero attached hydrogens (tertiary/aromatic N) is 2. The van der Waals surface area contributed by atoms with Crippen LogP contribution in [-0.4, -0.2) is 15.6 Å². The fraction of sp³-hybridized carbons (Fsp3) is 0.273. The second-order valence-electron chi connectivity index (χ2n) is 7.58. The van der Waals surface area contributed by atoms with Crippen molar-refractivity contribution in [3.8, 4) is 5.69 Å². The predicted octanol–water partition coefficient (Wildman–Crippen LogP) is 4.32. The molecule has 26 heavy (non-hydrogen) atoms. The Balaban J connectivity index is 1.75. The van der Waals surface area contributed by atoms with Gasteiger partial charge in [0.05, 0.1) is 29.2 Å². The van der Waals surface area contributed by atoms with E-state index >= 15 is 0 Å². The molecule has 4 nitrogen and oxygen atoms in total. The second-order valence-corrected chi connectivity index (χ2v) is 7.58. The largest absolute Gasteiger partial charge is 0.304 e. The number of carbonyl (C=O) groups is 1. The first-order valence-corrected chi connectivity index (χ1v) is 9.00. The number of fused-ring (bicyclic) bond motifs is 1. The van der Waals surface area contributed by atoms with Crippen LogP contribution >= 0.6 is 0 Å². The molecule has 0 fully saturated rings. The molecular weight excluding hydrogens is 322 g/mol. The van der Waals surface area contributed by atoms with Gasteiger partial charge in [-0.3, -0.25) is 4.79 Å². The van der Waals surface area contributed by atoms with E-state index in [1.54, 1.807) is 6.20 Å². The van der Waals surface area contributed by atoms with Crippen LogP contribution in [0.5, 0.6) is 0 Å². The molecule has 0 bridgehead atoms. The monoisotopic (exact) mass is 345 g/mol. The van der Waals surface area contributed by atoms with Crippen LogP contribution in [0.2, 0.25) is 0 Å². The molecule has 4 rings (SSSR count). The van der Waals surface area contributed by atoms with Gasteiger partial charge in [0.2, 0.25) is 0 Å². The smallest absolute Gasteiger partial charge is 0.167 e. The minimum absolute atomic E-state index is 0.0399. The zero-order valence-electron chi connectivity index (χ0n) is 15.1. The van der Waals surface area contributed by atoms with E-state index < -0.39 is 0 Å². The minimum atomic E-state index is -0.189. The number of aromatic nitrogens is 2. The van der Waals surface area contributed by atoms with Crippen molar-refractivity contribution in [1.29, 1.82) is 0 Å². The van der Waals surface area contributed by atoms with Crippen molar-refractivity contribution < 1.29 is 4.79 Å². The van der Waals surface area contributed by atoms with Gasteiger partial charge >= 0.3 is 0 Å². The fourth-order valence-corrected chi connectivity index (χ4v) is 3.80. The van der Waals surface area contributed by atoms with Gasteiger partial charge in [-0.1, -0.05) is 62.4 Å². The van der Waals surface area contributed by atoms with Gasteiger partial charge in [-0.2, -0.15) is 5.10 Å². The SMILES string of the molecule is CC1(C)CC(=O)c2cnn(-c3ccccc3)c2C1NCc1ccccc1. The topological polar surface area (TPSA) is 46.9 Å². The zero-order valence-corrected chi connectivity index (χ0v) is 15.1. The lowest BCUT2D eigenvalue weighted by atomic mass is 9.72. The predicted molar refractivity (Wildman–Crippen MR) is 102 cm³/mol. The number of para-hydroxylation sites is 1. The molecule has 3 aromatic rings. The van der Waals surface area contributed by atoms with Gasteiger partial charge in [0.1, 0.15) is 0 Å². The van der Waals surface area contributed by atoms with E-state index in [9.17, 15) is 4.79 Å². The average Bonchev–Trinajstić information content (AvgIpc) is 3.08. The maximum Gasteiger partial charge on any atom is 0.167 e. The fourth-order valence-electron chi connectivity index (χ4n) is 3.80. The van der Waals surface area contributed by atoms with Crippen molar-refractivity contribution in [1.82, 2.24) is 15.1 Å². The lowest BCUT2D eigenvalue weighted by Crippen LogP contribution is -2.41. The molecule has 1 aliphatic rings. The van der Waals surface area contributed by atoms with Crippen LogP contribution in [0.25, 0.3) is 5.69 Å². The normalized spacial score (nSPS) is 18.5. The zero-order chi connectivity index (χ0) is 18.1. The van der Waals surface area contributed by atoms with Gasteiger partial charge in [-0.25, -0.2) is 4.68 Å². The maximum atomic E-state index is 12.7. The molecule has 1 atom stereocenters. The van der Waals surface area contributed by atoms with E-state index in [4.69, 9.17) is 0 Å². The summed E-state index contributed by atoms with van der Waals surface area (Å²) in [5.41, 5.74) is 3.72. The number of benzene rings is 2. The highest BCUT2D eigenvalue weighted by Gasteiger charge is 2.42. The molecule has 1 unspecified atom stereocenters. The highest BCUT2D eigenvalue weighted by molar-refractivity contribution is 5.99. The lowest BCUT2D eigenvalue weighted by Gasteiger charge is -2.39. The van der Waals surface area contributed by atoms with Crippen LogP contribution in [0, 0.1) is 5.41 Å². The Bertz CT molecular complexity index is 913. The van der Waals surface area contributed by atoms with Gasteiger partial charge in [-0.15, -0.1) is 0 Å². The minimum Gasteiger partial charge on any atom is -0.304 e. The third-order valence-corrected chi connectivity index (χ3v) is 5.13. The van der Waals surface area contributed by atoms with Gasteiger partial charge in [0, 0.05) is 13.0 Å². The van der Waals surface area contributed by atoms with Crippen molar-refractivity contribution >= 4 is 5.78 Å². The molecule has 1 heterocycles. The van der Waals surface area contributed by atoms with Crippen molar-refractivity contribution in [2.45, 2.75) is 32.9 Å². The number of carbonyl (C=O) groups excluding carboxylic acids is 1. The molecule has 0 saturated carbocycles. The highest BCUT2D eigenvalue weighted by Crippen LogP contribution is 2.44. The number of Topliss-reactive ketones (excluding diaryl/α,β-unsaturated/α-hetero) is 1. The van der Waals surface area contributed by atoms with Crippen LogP contribution in [0.3, 0.4) is 0 Å². The van der Waals surface area contributed by atoms with Gasteiger partial charge in [0.25, 0.3) is 0 Å². The van der Waals surface area contributed by atoms with Crippen molar-refractivity contribution in [2.75, 3.05) is 0 Å². The highest BCUT2D eigenvalue weighted by atomic mass is 16.1. The first kappa shape index (κ1) is 16.7. The number of hydrogen-bond donors (Lipinski definition) is 1. The number of nitrogens with one attached hydrogen (secondary N) is 1. The molecular formula is C22H23N3O. The molecule has 2 aromatic carbocycles. The molecule has 0 aliphatic heterocycles. The van der Waals surface area contributed by atoms with E-state index in [2.05, 4.69) is 36.4 Å². The lowest BCUT2D eigenvalue weighted by molar-refractivity contribution is 0.0859. The van der Waals surface area contributed by atoms with Gasteiger partial charge in [0.15, 0.2) is 5.78 Å². The maximum absolute atomic E-state index is 12.7. The quantitative estimate of drug-likeness (QED) is 0.766. The molecule has 0 radical (unpaired) electrons. The van der Waals surface area contributed by atoms with Gasteiger partial charge in [-0.05, 0) is 23.1 Å². The third kappa shape index (κ3) is 2.97.